The molecule has 0 spiro atoms. The topological polar surface area (TPSA) is 38.2 Å². The molecule has 7 heteroatoms. The van der Waals surface area contributed by atoms with Crippen LogP contribution in [0.15, 0.2) is 47.5 Å². The molecule has 0 saturated carbocycles. The molecule has 0 aliphatic carbocycles. The Morgan fingerprint density at radius 3 is 2.67 bits per heavy atom. The van der Waals surface area contributed by atoms with E-state index in [0.717, 1.165) is 40.9 Å². The van der Waals surface area contributed by atoms with Gasteiger partial charge in [0.05, 0.1) is 25.3 Å². The van der Waals surface area contributed by atoms with E-state index in [9.17, 15) is 8.78 Å². The average molecular weight is 387 g/mol. The van der Waals surface area contributed by atoms with E-state index in [0.29, 0.717) is 31.1 Å². The van der Waals surface area contributed by atoms with Gasteiger partial charge in [-0.25, -0.2) is 18.7 Å². The fourth-order valence-electron chi connectivity index (χ4n) is 3.04. The Hall–Kier alpha value is -2.09. The summed E-state index contributed by atoms with van der Waals surface area (Å²) in [6, 6.07) is 12.0. The molecule has 1 fully saturated rings. The monoisotopic (exact) mass is 387 g/mol. The number of ether oxygens (including phenoxy) is 1. The molecule has 0 N–H and O–H groups in total. The zero-order valence-corrected chi connectivity index (χ0v) is 15.5. The number of hydrogen-bond donors (Lipinski definition) is 0. The van der Waals surface area contributed by atoms with Crippen LogP contribution in [-0.4, -0.2) is 41.2 Å². The van der Waals surface area contributed by atoms with Crippen LogP contribution in [0.25, 0.3) is 10.9 Å². The Morgan fingerprint density at radius 2 is 1.81 bits per heavy atom. The molecular weight excluding hydrogens is 368 g/mol. The molecule has 1 aliphatic rings. The third-order valence-electron chi connectivity index (χ3n) is 4.48. The molecule has 1 saturated heterocycles. The summed E-state index contributed by atoms with van der Waals surface area (Å²) in [6.07, 6.45) is 0. The highest BCUT2D eigenvalue weighted by Gasteiger charge is 2.15. The van der Waals surface area contributed by atoms with Crippen LogP contribution in [0, 0.1) is 11.6 Å². The first kappa shape index (κ1) is 18.3. The molecule has 0 bridgehead atoms. The van der Waals surface area contributed by atoms with Crippen LogP contribution in [0.5, 0.6) is 0 Å². The quantitative estimate of drug-likeness (QED) is 0.488. The molecule has 2 heterocycles. The molecule has 27 heavy (non-hydrogen) atoms. The van der Waals surface area contributed by atoms with Crippen molar-refractivity contribution in [2.75, 3.05) is 26.3 Å². The van der Waals surface area contributed by atoms with Crippen molar-refractivity contribution in [2.24, 2.45) is 0 Å². The number of aromatic nitrogens is 2. The van der Waals surface area contributed by atoms with Gasteiger partial charge in [0.15, 0.2) is 11.6 Å². The van der Waals surface area contributed by atoms with Crippen LogP contribution < -0.4 is 0 Å². The van der Waals surface area contributed by atoms with Crippen LogP contribution in [0.3, 0.4) is 0 Å². The van der Waals surface area contributed by atoms with Crippen LogP contribution in [0.4, 0.5) is 8.78 Å². The van der Waals surface area contributed by atoms with Gasteiger partial charge in [-0.1, -0.05) is 30.3 Å². The molecular formula is C20H19F2N3OS. The minimum Gasteiger partial charge on any atom is -0.379 e. The van der Waals surface area contributed by atoms with Crippen LogP contribution in [0.1, 0.15) is 11.4 Å². The average Bonchev–Trinajstić information content (AvgIpc) is 2.70. The van der Waals surface area contributed by atoms with Gasteiger partial charge in [-0.2, -0.15) is 0 Å². The summed E-state index contributed by atoms with van der Waals surface area (Å²) in [5.74, 6) is -0.579. The van der Waals surface area contributed by atoms with Gasteiger partial charge in [-0.15, -0.1) is 11.8 Å². The van der Waals surface area contributed by atoms with Gasteiger partial charge < -0.3 is 4.74 Å². The van der Waals surface area contributed by atoms with E-state index in [1.54, 1.807) is 6.07 Å². The second-order valence-electron chi connectivity index (χ2n) is 6.35. The number of nitrogens with zero attached hydrogens (tertiary/aromatic N) is 3. The highest BCUT2D eigenvalue weighted by atomic mass is 32.2. The molecule has 4 rings (SSSR count). The molecule has 0 amide bonds. The Kier molecular flexibility index (Phi) is 5.61. The van der Waals surface area contributed by atoms with Gasteiger partial charge in [0.25, 0.3) is 0 Å². The maximum Gasteiger partial charge on any atom is 0.162 e. The highest BCUT2D eigenvalue weighted by Crippen LogP contribution is 2.29. The molecule has 1 aromatic heterocycles. The van der Waals surface area contributed by atoms with E-state index in [4.69, 9.17) is 9.72 Å². The van der Waals surface area contributed by atoms with Crippen molar-refractivity contribution < 1.29 is 13.5 Å². The fourth-order valence-corrected chi connectivity index (χ4v) is 4.05. The minimum atomic E-state index is -0.825. The van der Waals surface area contributed by atoms with E-state index in [1.807, 2.05) is 24.3 Å². The maximum absolute atomic E-state index is 14.0. The van der Waals surface area contributed by atoms with Crippen molar-refractivity contribution in [3.8, 4) is 0 Å². The van der Waals surface area contributed by atoms with E-state index in [-0.39, 0.29) is 0 Å². The summed E-state index contributed by atoms with van der Waals surface area (Å²) >= 11 is 1.40. The minimum absolute atomic E-state index is 0.307. The summed E-state index contributed by atoms with van der Waals surface area (Å²) < 4.78 is 32.8. The molecule has 0 atom stereocenters. The first-order valence-electron chi connectivity index (χ1n) is 8.82. The van der Waals surface area contributed by atoms with Crippen LogP contribution >= 0.6 is 11.8 Å². The first-order chi connectivity index (χ1) is 13.2. The maximum atomic E-state index is 14.0. The Balaban J connectivity index is 1.60. The normalized spacial score (nSPS) is 15.3. The van der Waals surface area contributed by atoms with E-state index in [2.05, 4.69) is 9.88 Å². The zero-order valence-electron chi connectivity index (χ0n) is 14.7. The largest absolute Gasteiger partial charge is 0.379 e. The SMILES string of the molecule is Fc1cccc(CSc2nc(CN3CCOCC3)nc3ccccc23)c1F. The van der Waals surface area contributed by atoms with Crippen LogP contribution in [-0.2, 0) is 17.0 Å². The Morgan fingerprint density at radius 1 is 1.00 bits per heavy atom. The second kappa shape index (κ2) is 8.29. The van der Waals surface area contributed by atoms with E-state index in [1.165, 1.54) is 17.8 Å². The predicted octanol–water partition coefficient (Wildman–Crippen LogP) is 4.03. The standard InChI is InChI=1S/C20H19F2N3OS/c21-16-6-3-4-14(19(16)22)13-27-20-15-5-1-2-7-17(15)23-18(24-20)12-25-8-10-26-11-9-25/h1-7H,8-13H2. The number of para-hydroxylation sites is 1. The van der Waals surface area contributed by atoms with E-state index < -0.39 is 11.6 Å². The number of morpholine rings is 1. The van der Waals surface area contributed by atoms with Crippen molar-refractivity contribution in [1.82, 2.24) is 14.9 Å². The number of halogens is 2. The summed E-state index contributed by atoms with van der Waals surface area (Å²) in [4.78, 5) is 11.6. The molecule has 2 aromatic carbocycles. The predicted molar refractivity (Wildman–Crippen MR) is 102 cm³/mol. The van der Waals surface area contributed by atoms with Gasteiger partial charge >= 0.3 is 0 Å². The third kappa shape index (κ3) is 4.26. The van der Waals surface area contributed by atoms with Crippen molar-refractivity contribution in [3.63, 3.8) is 0 Å². The molecule has 0 unspecified atom stereocenters. The molecule has 4 nitrogen and oxygen atoms in total. The number of rotatable bonds is 5. The molecule has 3 aromatic rings. The molecule has 140 valence electrons. The van der Waals surface area contributed by atoms with Gasteiger partial charge in [0.1, 0.15) is 10.9 Å². The zero-order chi connectivity index (χ0) is 18.6. The lowest BCUT2D eigenvalue weighted by atomic mass is 10.2. The number of hydrogen-bond acceptors (Lipinski definition) is 5. The van der Waals surface area contributed by atoms with Gasteiger partial charge in [-0.05, 0) is 12.1 Å². The van der Waals surface area contributed by atoms with Crippen molar-refractivity contribution >= 4 is 22.7 Å². The summed E-state index contributed by atoms with van der Waals surface area (Å²) in [6.45, 7) is 3.79. The lowest BCUT2D eigenvalue weighted by Crippen LogP contribution is -2.36. The number of fused-ring (bicyclic) bond motifs is 1. The summed E-state index contributed by atoms with van der Waals surface area (Å²) in [5.41, 5.74) is 1.19. The highest BCUT2D eigenvalue weighted by molar-refractivity contribution is 7.98. The van der Waals surface area contributed by atoms with Crippen molar-refractivity contribution in [3.05, 3.63) is 65.5 Å². The van der Waals surface area contributed by atoms with Gasteiger partial charge in [0.2, 0.25) is 0 Å². The van der Waals surface area contributed by atoms with Gasteiger partial charge in [-0.3, -0.25) is 4.90 Å². The molecule has 0 radical (unpaired) electrons. The summed E-state index contributed by atoms with van der Waals surface area (Å²) in [5, 5.41) is 1.71. The van der Waals surface area contributed by atoms with Crippen molar-refractivity contribution in [2.45, 2.75) is 17.3 Å². The van der Waals surface area contributed by atoms with Crippen molar-refractivity contribution in [1.29, 1.82) is 0 Å². The first-order valence-corrected chi connectivity index (χ1v) is 9.81. The van der Waals surface area contributed by atoms with E-state index >= 15 is 0 Å². The number of thioether (sulfide) groups is 1. The number of benzene rings is 2. The smallest absolute Gasteiger partial charge is 0.162 e. The second-order valence-corrected chi connectivity index (χ2v) is 7.32. The lowest BCUT2D eigenvalue weighted by Gasteiger charge is -2.25. The van der Waals surface area contributed by atoms with Gasteiger partial charge in [0, 0.05) is 29.8 Å². The Bertz CT molecular complexity index is 948. The Labute approximate surface area is 160 Å². The fraction of sp³-hybridized carbons (Fsp3) is 0.300. The van der Waals surface area contributed by atoms with Crippen LogP contribution in [0.2, 0.25) is 0 Å². The lowest BCUT2D eigenvalue weighted by molar-refractivity contribution is 0.0330. The summed E-state index contributed by atoms with van der Waals surface area (Å²) in [7, 11) is 0. The third-order valence-corrected chi connectivity index (χ3v) is 5.52. The molecule has 1 aliphatic heterocycles.